The van der Waals surface area contributed by atoms with Gasteiger partial charge in [-0.2, -0.15) is 0 Å². The van der Waals surface area contributed by atoms with Gasteiger partial charge < -0.3 is 15.8 Å². The van der Waals surface area contributed by atoms with E-state index in [4.69, 9.17) is 10.5 Å². The molecule has 23 heavy (non-hydrogen) atoms. The van der Waals surface area contributed by atoms with Gasteiger partial charge in [-0.05, 0) is 68.7 Å². The fourth-order valence-corrected chi connectivity index (χ4v) is 2.36. The molecule has 0 aliphatic heterocycles. The van der Waals surface area contributed by atoms with Crippen molar-refractivity contribution in [3.8, 4) is 5.75 Å². The average Bonchev–Trinajstić information content (AvgIpc) is 2.45. The second-order valence-electron chi connectivity index (χ2n) is 6.01. The molecule has 0 fully saturated rings. The monoisotopic (exact) mass is 311 g/mol. The molecular formula is C19H25N3O. The lowest BCUT2D eigenvalue weighted by molar-refractivity contribution is 0.242. The van der Waals surface area contributed by atoms with Gasteiger partial charge >= 0.3 is 0 Å². The molecular weight excluding hydrogens is 286 g/mol. The fraction of sp³-hybridized carbons (Fsp3) is 0.316. The van der Waals surface area contributed by atoms with Crippen LogP contribution in [0.2, 0.25) is 0 Å². The Hall–Kier alpha value is -2.49. The van der Waals surface area contributed by atoms with Crippen LogP contribution >= 0.6 is 0 Å². The third kappa shape index (κ3) is 5.66. The highest BCUT2D eigenvalue weighted by Crippen LogP contribution is 2.15. The minimum absolute atomic E-state index is 0.177. The normalized spacial score (nSPS) is 11.6. The highest BCUT2D eigenvalue weighted by atomic mass is 16.5. The summed E-state index contributed by atoms with van der Waals surface area (Å²) in [7, 11) is 0. The van der Waals surface area contributed by atoms with Crippen LogP contribution in [-0.4, -0.2) is 12.1 Å². The van der Waals surface area contributed by atoms with E-state index in [1.165, 1.54) is 11.1 Å². The molecule has 0 amide bonds. The quantitative estimate of drug-likeness (QED) is 0.647. The lowest BCUT2D eigenvalue weighted by atomic mass is 10.1. The van der Waals surface area contributed by atoms with Gasteiger partial charge in [-0.25, -0.2) is 4.99 Å². The first-order valence-corrected chi connectivity index (χ1v) is 7.83. The molecule has 2 rings (SSSR count). The number of nitrogens with one attached hydrogen (secondary N) is 1. The van der Waals surface area contributed by atoms with Crippen molar-refractivity contribution in [3.63, 3.8) is 0 Å². The van der Waals surface area contributed by atoms with Crippen LogP contribution in [0.5, 0.6) is 5.75 Å². The van der Waals surface area contributed by atoms with E-state index < -0.39 is 0 Å². The molecule has 0 heterocycles. The predicted molar refractivity (Wildman–Crippen MR) is 97.1 cm³/mol. The number of ether oxygens (including phenoxy) is 1. The molecule has 2 aromatic rings. The first-order chi connectivity index (χ1) is 10.9. The second kappa shape index (κ2) is 7.68. The van der Waals surface area contributed by atoms with E-state index in [1.807, 2.05) is 50.2 Å². The Labute approximate surface area is 138 Å². The predicted octanol–water partition coefficient (Wildman–Crippen LogP) is 4.02. The Morgan fingerprint density at radius 3 is 2.26 bits per heavy atom. The number of guanidine groups is 1. The largest absolute Gasteiger partial charge is 0.491 e. The van der Waals surface area contributed by atoms with Gasteiger partial charge in [-0.3, -0.25) is 0 Å². The van der Waals surface area contributed by atoms with Gasteiger partial charge in [-0.15, -0.1) is 0 Å². The summed E-state index contributed by atoms with van der Waals surface area (Å²) in [5, 5.41) is 3.13. The van der Waals surface area contributed by atoms with Crippen molar-refractivity contribution < 1.29 is 4.74 Å². The molecule has 3 N–H and O–H groups in total. The number of rotatable bonds is 5. The molecule has 0 saturated carbocycles. The topological polar surface area (TPSA) is 59.6 Å². The molecule has 4 nitrogen and oxygen atoms in total. The van der Waals surface area contributed by atoms with Gasteiger partial charge in [-0.1, -0.05) is 18.2 Å². The molecule has 4 heteroatoms. The third-order valence-electron chi connectivity index (χ3n) is 3.22. The summed E-state index contributed by atoms with van der Waals surface area (Å²) in [5.41, 5.74) is 10.4. The molecule has 0 radical (unpaired) electrons. The Morgan fingerprint density at radius 1 is 1.09 bits per heavy atom. The maximum absolute atomic E-state index is 5.96. The standard InChI is InChI=1S/C19H25N3O/c1-13(2)23-18-7-5-16(6-8-18)12-21-19(20)22-17-10-14(3)9-15(4)11-17/h5-11,13H,12H2,1-4H3,(H3,20,21,22). The third-order valence-corrected chi connectivity index (χ3v) is 3.22. The Bertz CT molecular complexity index is 655. The molecule has 0 aliphatic carbocycles. The van der Waals surface area contributed by atoms with Gasteiger partial charge in [0.15, 0.2) is 5.96 Å². The van der Waals surface area contributed by atoms with Gasteiger partial charge in [0.25, 0.3) is 0 Å². The van der Waals surface area contributed by atoms with E-state index in [-0.39, 0.29) is 6.10 Å². The molecule has 2 aromatic carbocycles. The van der Waals surface area contributed by atoms with Crippen molar-refractivity contribution in [1.29, 1.82) is 0 Å². The molecule has 0 aromatic heterocycles. The second-order valence-corrected chi connectivity index (χ2v) is 6.01. The summed E-state index contributed by atoms with van der Waals surface area (Å²) in [6, 6.07) is 14.1. The highest BCUT2D eigenvalue weighted by Gasteiger charge is 2.00. The van der Waals surface area contributed by atoms with Crippen LogP contribution in [0.3, 0.4) is 0 Å². The van der Waals surface area contributed by atoms with Crippen LogP contribution in [0.4, 0.5) is 5.69 Å². The van der Waals surface area contributed by atoms with E-state index in [2.05, 4.69) is 30.2 Å². The van der Waals surface area contributed by atoms with Crippen LogP contribution in [0, 0.1) is 13.8 Å². The number of hydrogen-bond acceptors (Lipinski definition) is 2. The summed E-state index contributed by atoms with van der Waals surface area (Å²) in [5.74, 6) is 1.28. The number of anilines is 1. The Morgan fingerprint density at radius 2 is 1.70 bits per heavy atom. The molecule has 0 atom stereocenters. The summed E-state index contributed by atoms with van der Waals surface area (Å²) < 4.78 is 5.62. The van der Waals surface area contributed by atoms with Crippen molar-refractivity contribution in [1.82, 2.24) is 0 Å². The first-order valence-electron chi connectivity index (χ1n) is 7.83. The molecule has 0 unspecified atom stereocenters. The number of benzene rings is 2. The number of aryl methyl sites for hydroxylation is 2. The van der Waals surface area contributed by atoms with Gasteiger partial charge in [0, 0.05) is 5.69 Å². The zero-order valence-electron chi connectivity index (χ0n) is 14.3. The van der Waals surface area contributed by atoms with Gasteiger partial charge in [0.2, 0.25) is 0 Å². The van der Waals surface area contributed by atoms with E-state index in [0.29, 0.717) is 12.5 Å². The van der Waals surface area contributed by atoms with Crippen LogP contribution in [-0.2, 0) is 6.54 Å². The van der Waals surface area contributed by atoms with E-state index in [9.17, 15) is 0 Å². The fourth-order valence-electron chi connectivity index (χ4n) is 2.36. The summed E-state index contributed by atoms with van der Waals surface area (Å²) >= 11 is 0. The average molecular weight is 311 g/mol. The highest BCUT2D eigenvalue weighted by molar-refractivity contribution is 5.92. The van der Waals surface area contributed by atoms with Gasteiger partial charge in [0.1, 0.15) is 5.75 Å². The van der Waals surface area contributed by atoms with Crippen LogP contribution < -0.4 is 15.8 Å². The van der Waals surface area contributed by atoms with E-state index in [0.717, 1.165) is 17.0 Å². The van der Waals surface area contributed by atoms with Crippen molar-refractivity contribution >= 4 is 11.6 Å². The lowest BCUT2D eigenvalue weighted by Crippen LogP contribution is -2.22. The zero-order chi connectivity index (χ0) is 16.8. The van der Waals surface area contributed by atoms with Crippen LogP contribution in [0.15, 0.2) is 47.5 Å². The number of nitrogens with zero attached hydrogens (tertiary/aromatic N) is 1. The first kappa shape index (κ1) is 16.9. The van der Waals surface area contributed by atoms with E-state index >= 15 is 0 Å². The van der Waals surface area contributed by atoms with Crippen LogP contribution in [0.25, 0.3) is 0 Å². The van der Waals surface area contributed by atoms with Crippen molar-refractivity contribution in [2.75, 3.05) is 5.32 Å². The maximum Gasteiger partial charge on any atom is 0.193 e. The SMILES string of the molecule is Cc1cc(C)cc(NC(N)=NCc2ccc(OC(C)C)cc2)c1. The summed E-state index contributed by atoms with van der Waals surface area (Å²) in [6.07, 6.45) is 0.177. The summed E-state index contributed by atoms with van der Waals surface area (Å²) in [6.45, 7) is 8.68. The molecule has 0 saturated heterocycles. The Kier molecular flexibility index (Phi) is 5.63. The number of nitrogens with two attached hydrogens (primary N) is 1. The smallest absolute Gasteiger partial charge is 0.193 e. The molecule has 122 valence electrons. The lowest BCUT2D eigenvalue weighted by Gasteiger charge is -2.10. The van der Waals surface area contributed by atoms with E-state index in [1.54, 1.807) is 0 Å². The van der Waals surface area contributed by atoms with Crippen molar-refractivity contribution in [3.05, 3.63) is 59.2 Å². The zero-order valence-corrected chi connectivity index (χ0v) is 14.3. The minimum Gasteiger partial charge on any atom is -0.491 e. The van der Waals surface area contributed by atoms with Crippen molar-refractivity contribution in [2.45, 2.75) is 40.3 Å². The van der Waals surface area contributed by atoms with Crippen molar-refractivity contribution in [2.24, 2.45) is 10.7 Å². The van der Waals surface area contributed by atoms with Crippen LogP contribution in [0.1, 0.15) is 30.5 Å². The van der Waals surface area contributed by atoms with Gasteiger partial charge in [0.05, 0.1) is 12.6 Å². The molecule has 0 spiro atoms. The summed E-state index contributed by atoms with van der Waals surface area (Å²) in [4.78, 5) is 4.38. The molecule has 0 aliphatic rings. The minimum atomic E-state index is 0.177. The number of aliphatic imine (C=N–C) groups is 1. The number of hydrogen-bond donors (Lipinski definition) is 2. The maximum atomic E-state index is 5.96. The molecule has 0 bridgehead atoms. The Balaban J connectivity index is 1.96.